The average Bonchev–Trinajstić information content (AvgIpc) is 2.99. The maximum absolute atomic E-state index is 11.9. The van der Waals surface area contributed by atoms with Gasteiger partial charge in [-0.05, 0) is 49.4 Å². The second-order valence-corrected chi connectivity index (χ2v) is 5.31. The van der Waals surface area contributed by atoms with Gasteiger partial charge in [-0.25, -0.2) is 4.79 Å². The number of esters is 2. The van der Waals surface area contributed by atoms with E-state index in [0.717, 1.165) is 18.5 Å². The molecule has 118 valence electrons. The molecule has 0 aromatic heterocycles. The van der Waals surface area contributed by atoms with E-state index >= 15 is 0 Å². The molecule has 0 aliphatic heterocycles. The summed E-state index contributed by atoms with van der Waals surface area (Å²) >= 11 is 0. The van der Waals surface area contributed by atoms with Gasteiger partial charge in [0, 0.05) is 11.4 Å². The molecule has 0 spiro atoms. The summed E-state index contributed by atoms with van der Waals surface area (Å²) in [5.41, 5.74) is 4.50. The van der Waals surface area contributed by atoms with Crippen molar-refractivity contribution in [3.05, 3.63) is 40.6 Å². The van der Waals surface area contributed by atoms with Crippen molar-refractivity contribution in [1.82, 2.24) is 0 Å². The van der Waals surface area contributed by atoms with E-state index in [-0.39, 0.29) is 12.0 Å². The highest BCUT2D eigenvalue weighted by atomic mass is 16.5. The first-order valence-corrected chi connectivity index (χ1v) is 7.29. The van der Waals surface area contributed by atoms with E-state index in [1.807, 2.05) is 6.07 Å². The Labute approximate surface area is 130 Å². The minimum Gasteiger partial charge on any atom is -0.469 e. The molecule has 0 unspecified atom stereocenters. The number of hydrogen-bond acceptors (Lipinski definition) is 5. The number of allylic oxidation sites excluding steroid dienone is 1. The van der Waals surface area contributed by atoms with Gasteiger partial charge in [-0.15, -0.1) is 0 Å². The zero-order chi connectivity index (χ0) is 16.1. The number of rotatable bonds is 5. The van der Waals surface area contributed by atoms with Gasteiger partial charge in [-0.1, -0.05) is 6.07 Å². The van der Waals surface area contributed by atoms with Gasteiger partial charge in [0.15, 0.2) is 0 Å². The fourth-order valence-electron chi connectivity index (χ4n) is 2.64. The Bertz CT molecular complexity index is 619. The first kappa shape index (κ1) is 16.1. The molecule has 2 rings (SSSR count). The number of nitrogens with one attached hydrogen (secondary N) is 1. The molecule has 5 nitrogen and oxygen atoms in total. The molecule has 0 heterocycles. The molecule has 1 aromatic rings. The molecule has 0 fully saturated rings. The maximum Gasteiger partial charge on any atom is 0.336 e. The van der Waals surface area contributed by atoms with E-state index in [0.29, 0.717) is 5.70 Å². The Morgan fingerprint density at radius 3 is 2.55 bits per heavy atom. The summed E-state index contributed by atoms with van der Waals surface area (Å²) in [6, 6.07) is 6.19. The van der Waals surface area contributed by atoms with Crippen LogP contribution in [0.1, 0.15) is 30.9 Å². The molecule has 0 saturated heterocycles. The van der Waals surface area contributed by atoms with Crippen LogP contribution >= 0.6 is 0 Å². The predicted molar refractivity (Wildman–Crippen MR) is 83.4 cm³/mol. The Balaban J connectivity index is 2.22. The zero-order valence-electron chi connectivity index (χ0n) is 13.2. The maximum atomic E-state index is 11.9. The van der Waals surface area contributed by atoms with Gasteiger partial charge in [0.2, 0.25) is 0 Å². The number of aryl methyl sites for hydroxylation is 2. The van der Waals surface area contributed by atoms with Crippen LogP contribution in [0.2, 0.25) is 0 Å². The largest absolute Gasteiger partial charge is 0.469 e. The third-order valence-electron chi connectivity index (χ3n) is 3.86. The van der Waals surface area contributed by atoms with E-state index < -0.39 is 11.9 Å². The number of carbonyl (C=O) groups is 2. The Morgan fingerprint density at radius 1 is 1.14 bits per heavy atom. The number of methoxy groups -OCH3 is 2. The summed E-state index contributed by atoms with van der Waals surface area (Å²) in [5, 5.41) is 3.19. The van der Waals surface area contributed by atoms with Crippen molar-refractivity contribution in [2.45, 2.75) is 32.6 Å². The van der Waals surface area contributed by atoms with Crippen LogP contribution in [0.15, 0.2) is 29.5 Å². The normalized spacial score (nSPS) is 14.0. The molecule has 0 amide bonds. The van der Waals surface area contributed by atoms with Crippen LogP contribution in [-0.2, 0) is 31.9 Å². The molecule has 1 aliphatic rings. The van der Waals surface area contributed by atoms with Crippen molar-refractivity contribution in [1.29, 1.82) is 0 Å². The van der Waals surface area contributed by atoms with E-state index in [2.05, 4.69) is 22.2 Å². The van der Waals surface area contributed by atoms with Gasteiger partial charge in [0.05, 0.1) is 26.2 Å². The Morgan fingerprint density at radius 2 is 1.86 bits per heavy atom. The van der Waals surface area contributed by atoms with Crippen LogP contribution in [-0.4, -0.2) is 26.2 Å². The Kier molecular flexibility index (Phi) is 5.20. The van der Waals surface area contributed by atoms with Crippen LogP contribution in [0.4, 0.5) is 5.69 Å². The van der Waals surface area contributed by atoms with Crippen molar-refractivity contribution < 1.29 is 19.1 Å². The van der Waals surface area contributed by atoms with Gasteiger partial charge in [0.1, 0.15) is 0 Å². The molecule has 1 aliphatic carbocycles. The molecule has 5 heteroatoms. The molecule has 0 saturated carbocycles. The first-order valence-electron chi connectivity index (χ1n) is 7.29. The van der Waals surface area contributed by atoms with Gasteiger partial charge < -0.3 is 14.8 Å². The monoisotopic (exact) mass is 303 g/mol. The summed E-state index contributed by atoms with van der Waals surface area (Å²) in [5.74, 6) is -1.01. The van der Waals surface area contributed by atoms with Crippen molar-refractivity contribution in [2.75, 3.05) is 19.5 Å². The van der Waals surface area contributed by atoms with Gasteiger partial charge >= 0.3 is 11.9 Å². The second-order valence-electron chi connectivity index (χ2n) is 5.31. The molecular weight excluding hydrogens is 282 g/mol. The lowest BCUT2D eigenvalue weighted by Crippen LogP contribution is -2.15. The lowest BCUT2D eigenvalue weighted by Gasteiger charge is -2.13. The Hall–Kier alpha value is -2.30. The number of ether oxygens (including phenoxy) is 2. The fraction of sp³-hybridized carbons (Fsp3) is 0.412. The quantitative estimate of drug-likeness (QED) is 0.669. The molecule has 0 bridgehead atoms. The fourth-order valence-corrected chi connectivity index (χ4v) is 2.64. The van der Waals surface area contributed by atoms with Crippen LogP contribution in [0.5, 0.6) is 0 Å². The van der Waals surface area contributed by atoms with Gasteiger partial charge in [0.25, 0.3) is 0 Å². The number of fused-ring (bicyclic) bond motifs is 1. The minimum absolute atomic E-state index is 0.118. The highest BCUT2D eigenvalue weighted by Gasteiger charge is 2.19. The predicted octanol–water partition coefficient (Wildman–Crippen LogP) is 2.60. The zero-order valence-corrected chi connectivity index (χ0v) is 13.2. The summed E-state index contributed by atoms with van der Waals surface area (Å²) in [6.45, 7) is 1.75. The number of hydrogen-bond donors (Lipinski definition) is 1. The van der Waals surface area contributed by atoms with Gasteiger partial charge in [-0.2, -0.15) is 0 Å². The van der Waals surface area contributed by atoms with E-state index in [4.69, 9.17) is 4.74 Å². The number of anilines is 1. The number of benzene rings is 1. The SMILES string of the molecule is COC(=O)C/C(C(=O)OC)=C(\C)Nc1ccc2c(c1)CCC2. The van der Waals surface area contributed by atoms with Crippen molar-refractivity contribution in [2.24, 2.45) is 0 Å². The molecule has 22 heavy (non-hydrogen) atoms. The summed E-state index contributed by atoms with van der Waals surface area (Å²) < 4.78 is 9.37. The molecule has 0 radical (unpaired) electrons. The third kappa shape index (κ3) is 3.67. The van der Waals surface area contributed by atoms with Crippen molar-refractivity contribution >= 4 is 17.6 Å². The number of carbonyl (C=O) groups excluding carboxylic acids is 2. The lowest BCUT2D eigenvalue weighted by atomic mass is 10.1. The van der Waals surface area contributed by atoms with E-state index in [1.54, 1.807) is 6.92 Å². The molecule has 0 atom stereocenters. The van der Waals surface area contributed by atoms with E-state index in [9.17, 15) is 9.59 Å². The minimum atomic E-state index is -0.531. The highest BCUT2D eigenvalue weighted by molar-refractivity contribution is 5.95. The topological polar surface area (TPSA) is 64.6 Å². The smallest absolute Gasteiger partial charge is 0.336 e. The lowest BCUT2D eigenvalue weighted by molar-refractivity contribution is -0.143. The van der Waals surface area contributed by atoms with Crippen LogP contribution in [0, 0.1) is 0 Å². The molecule has 1 aromatic carbocycles. The molecular formula is C17H21NO4. The second kappa shape index (κ2) is 7.11. The summed E-state index contributed by atoms with van der Waals surface area (Å²) in [7, 11) is 2.59. The third-order valence-corrected chi connectivity index (χ3v) is 3.86. The van der Waals surface area contributed by atoms with Crippen LogP contribution in [0.25, 0.3) is 0 Å². The molecule has 1 N–H and O–H groups in total. The first-order chi connectivity index (χ1) is 10.5. The van der Waals surface area contributed by atoms with E-state index in [1.165, 1.54) is 31.8 Å². The van der Waals surface area contributed by atoms with Crippen molar-refractivity contribution in [3.8, 4) is 0 Å². The summed E-state index contributed by atoms with van der Waals surface area (Å²) in [6.07, 6.45) is 3.27. The highest BCUT2D eigenvalue weighted by Crippen LogP contribution is 2.26. The van der Waals surface area contributed by atoms with Crippen molar-refractivity contribution in [3.63, 3.8) is 0 Å². The summed E-state index contributed by atoms with van der Waals surface area (Å²) in [4.78, 5) is 23.3. The standard InChI is InChI=1S/C17H21NO4/c1-11(15(17(20)22-3)10-16(19)21-2)18-14-8-7-12-5-4-6-13(12)9-14/h7-9,18H,4-6,10H2,1-3H3/b15-11-. The van der Waals surface area contributed by atoms with Gasteiger partial charge in [-0.3, -0.25) is 4.79 Å². The van der Waals surface area contributed by atoms with Crippen LogP contribution < -0.4 is 5.32 Å². The van der Waals surface area contributed by atoms with Crippen LogP contribution in [0.3, 0.4) is 0 Å². The average molecular weight is 303 g/mol.